The Kier molecular flexibility index (Phi) is 4.10. The summed E-state index contributed by atoms with van der Waals surface area (Å²) >= 11 is 11.8. The molecule has 0 aromatic carbocycles. The van der Waals surface area contributed by atoms with Crippen LogP contribution in [0.15, 0.2) is 12.1 Å². The van der Waals surface area contributed by atoms with Crippen molar-refractivity contribution in [2.45, 2.75) is 25.9 Å². The van der Waals surface area contributed by atoms with Gasteiger partial charge in [-0.3, -0.25) is 4.79 Å². The summed E-state index contributed by atoms with van der Waals surface area (Å²) in [6, 6.07) is 3.14. The molecule has 4 nitrogen and oxygen atoms in total. The highest BCUT2D eigenvalue weighted by atomic mass is 35.5. The van der Waals surface area contributed by atoms with E-state index in [4.69, 9.17) is 27.9 Å². The van der Waals surface area contributed by atoms with Crippen molar-refractivity contribution in [3.63, 3.8) is 0 Å². The monoisotopic (exact) mass is 288 g/mol. The van der Waals surface area contributed by atoms with Crippen molar-refractivity contribution in [3.8, 4) is 0 Å². The summed E-state index contributed by atoms with van der Waals surface area (Å²) in [5.74, 6) is -0.203. The predicted octanol–water partition coefficient (Wildman–Crippen LogP) is 2.64. The summed E-state index contributed by atoms with van der Waals surface area (Å²) in [6.45, 7) is 4.92. The molecule has 98 valence electrons. The van der Waals surface area contributed by atoms with E-state index in [2.05, 4.69) is 4.98 Å². The van der Waals surface area contributed by atoms with Crippen molar-refractivity contribution in [1.82, 2.24) is 9.88 Å². The number of hydrogen-bond donors (Lipinski definition) is 0. The fourth-order valence-corrected chi connectivity index (χ4v) is 2.43. The van der Waals surface area contributed by atoms with Gasteiger partial charge >= 0.3 is 0 Å². The normalized spacial score (nSPS) is 24.1. The number of amides is 1. The van der Waals surface area contributed by atoms with Crippen LogP contribution in [-0.4, -0.2) is 41.1 Å². The van der Waals surface area contributed by atoms with Gasteiger partial charge in [-0.1, -0.05) is 23.2 Å². The Hall–Kier alpha value is -0.840. The van der Waals surface area contributed by atoms with Crippen LogP contribution in [0, 0.1) is 0 Å². The van der Waals surface area contributed by atoms with E-state index in [0.29, 0.717) is 18.2 Å². The zero-order valence-electron chi connectivity index (χ0n) is 10.2. The van der Waals surface area contributed by atoms with Gasteiger partial charge in [0, 0.05) is 0 Å². The first-order chi connectivity index (χ1) is 8.50. The summed E-state index contributed by atoms with van der Waals surface area (Å²) in [6.07, 6.45) is 0. The molecule has 18 heavy (non-hydrogen) atoms. The van der Waals surface area contributed by atoms with E-state index in [1.807, 2.05) is 13.8 Å². The Bertz CT molecular complexity index is 457. The number of pyridine rings is 1. The lowest BCUT2D eigenvalue weighted by molar-refractivity contribution is -0.0252. The van der Waals surface area contributed by atoms with Gasteiger partial charge in [0.25, 0.3) is 5.91 Å². The second kappa shape index (κ2) is 5.43. The van der Waals surface area contributed by atoms with Gasteiger partial charge in [-0.05, 0) is 26.0 Å². The first-order valence-electron chi connectivity index (χ1n) is 5.73. The molecule has 0 radical (unpaired) electrons. The van der Waals surface area contributed by atoms with Crippen molar-refractivity contribution in [1.29, 1.82) is 0 Å². The molecule has 0 spiro atoms. The highest BCUT2D eigenvalue weighted by molar-refractivity contribution is 6.34. The molecule has 0 N–H and O–H groups in total. The summed E-state index contributed by atoms with van der Waals surface area (Å²) < 4.78 is 5.39. The smallest absolute Gasteiger partial charge is 0.274 e. The largest absolute Gasteiger partial charge is 0.377 e. The molecule has 0 bridgehead atoms. The van der Waals surface area contributed by atoms with E-state index in [9.17, 15) is 4.79 Å². The SMILES string of the molecule is CC1COCC(C)N1C(=O)c1nc(Cl)ccc1Cl. The zero-order chi connectivity index (χ0) is 13.3. The molecule has 1 saturated heterocycles. The van der Waals surface area contributed by atoms with Crippen LogP contribution in [0.1, 0.15) is 24.3 Å². The summed E-state index contributed by atoms with van der Waals surface area (Å²) in [5, 5.41) is 0.576. The van der Waals surface area contributed by atoms with Gasteiger partial charge in [-0.2, -0.15) is 0 Å². The molecular formula is C12H14Cl2N2O2. The Morgan fingerprint density at radius 3 is 2.56 bits per heavy atom. The third kappa shape index (κ3) is 2.60. The average molecular weight is 289 g/mol. The van der Waals surface area contributed by atoms with Crippen molar-refractivity contribution >= 4 is 29.1 Å². The van der Waals surface area contributed by atoms with Gasteiger partial charge < -0.3 is 9.64 Å². The van der Waals surface area contributed by atoms with Crippen LogP contribution in [0.5, 0.6) is 0 Å². The molecule has 1 amide bonds. The number of carbonyl (C=O) groups is 1. The zero-order valence-corrected chi connectivity index (χ0v) is 11.7. The number of carbonyl (C=O) groups excluding carboxylic acids is 1. The summed E-state index contributed by atoms with van der Waals surface area (Å²) in [4.78, 5) is 18.2. The Morgan fingerprint density at radius 2 is 1.94 bits per heavy atom. The van der Waals surface area contributed by atoms with E-state index in [1.165, 1.54) is 0 Å². The quantitative estimate of drug-likeness (QED) is 0.746. The van der Waals surface area contributed by atoms with Crippen molar-refractivity contribution < 1.29 is 9.53 Å². The lowest BCUT2D eigenvalue weighted by Crippen LogP contribution is -2.52. The number of halogens is 2. The average Bonchev–Trinajstić information content (AvgIpc) is 2.32. The Balaban J connectivity index is 2.32. The molecule has 1 aliphatic heterocycles. The van der Waals surface area contributed by atoms with Crippen molar-refractivity contribution in [3.05, 3.63) is 28.0 Å². The topological polar surface area (TPSA) is 42.4 Å². The van der Waals surface area contributed by atoms with Gasteiger partial charge in [-0.15, -0.1) is 0 Å². The standard InChI is InChI=1S/C12H14Cl2N2O2/c1-7-5-18-6-8(2)16(7)12(17)11-9(13)3-4-10(14)15-11/h3-4,7-8H,5-6H2,1-2H3. The third-order valence-electron chi connectivity index (χ3n) is 2.92. The molecule has 2 heterocycles. The maximum Gasteiger partial charge on any atom is 0.274 e. The number of hydrogen-bond acceptors (Lipinski definition) is 3. The number of rotatable bonds is 1. The Morgan fingerprint density at radius 1 is 1.33 bits per heavy atom. The van der Waals surface area contributed by atoms with Crippen LogP contribution in [-0.2, 0) is 4.74 Å². The molecule has 2 unspecified atom stereocenters. The number of ether oxygens (including phenoxy) is 1. The minimum Gasteiger partial charge on any atom is -0.377 e. The predicted molar refractivity (Wildman–Crippen MR) is 70.2 cm³/mol. The van der Waals surface area contributed by atoms with Crippen LogP contribution in [0.25, 0.3) is 0 Å². The molecule has 2 rings (SSSR count). The lowest BCUT2D eigenvalue weighted by Gasteiger charge is -2.38. The van der Waals surface area contributed by atoms with E-state index in [1.54, 1.807) is 17.0 Å². The molecule has 6 heteroatoms. The molecule has 1 fully saturated rings. The fourth-order valence-electron chi connectivity index (χ4n) is 2.10. The molecule has 0 aliphatic carbocycles. The number of nitrogens with zero attached hydrogens (tertiary/aromatic N) is 2. The summed E-state index contributed by atoms with van der Waals surface area (Å²) in [7, 11) is 0. The van der Waals surface area contributed by atoms with E-state index in [-0.39, 0.29) is 28.8 Å². The van der Waals surface area contributed by atoms with Crippen LogP contribution in [0.2, 0.25) is 10.2 Å². The first-order valence-corrected chi connectivity index (χ1v) is 6.48. The highest BCUT2D eigenvalue weighted by Gasteiger charge is 2.32. The fraction of sp³-hybridized carbons (Fsp3) is 0.500. The minimum atomic E-state index is -0.203. The van der Waals surface area contributed by atoms with Crippen LogP contribution >= 0.6 is 23.2 Å². The maximum absolute atomic E-state index is 12.5. The second-order valence-corrected chi connectivity index (χ2v) is 5.21. The second-order valence-electron chi connectivity index (χ2n) is 4.41. The van der Waals surface area contributed by atoms with Gasteiger partial charge in [0.2, 0.25) is 0 Å². The van der Waals surface area contributed by atoms with Crippen LogP contribution in [0.4, 0.5) is 0 Å². The molecule has 2 atom stereocenters. The summed E-state index contributed by atoms with van der Waals surface area (Å²) in [5.41, 5.74) is 0.199. The van der Waals surface area contributed by atoms with E-state index in [0.717, 1.165) is 0 Å². The maximum atomic E-state index is 12.5. The first kappa shape index (κ1) is 13.6. The number of morpholine rings is 1. The van der Waals surface area contributed by atoms with Crippen molar-refractivity contribution in [2.24, 2.45) is 0 Å². The van der Waals surface area contributed by atoms with Gasteiger partial charge in [-0.25, -0.2) is 4.98 Å². The number of aromatic nitrogens is 1. The molecule has 1 aliphatic rings. The molecule has 0 saturated carbocycles. The lowest BCUT2D eigenvalue weighted by atomic mass is 10.1. The minimum absolute atomic E-state index is 0.00176. The van der Waals surface area contributed by atoms with Crippen molar-refractivity contribution in [2.75, 3.05) is 13.2 Å². The van der Waals surface area contributed by atoms with Gasteiger partial charge in [0.05, 0.1) is 30.3 Å². The molecule has 1 aromatic heterocycles. The van der Waals surface area contributed by atoms with Gasteiger partial charge in [0.1, 0.15) is 10.8 Å². The Labute approximate surface area is 116 Å². The van der Waals surface area contributed by atoms with E-state index < -0.39 is 0 Å². The van der Waals surface area contributed by atoms with Crippen LogP contribution < -0.4 is 0 Å². The van der Waals surface area contributed by atoms with Gasteiger partial charge in [0.15, 0.2) is 0 Å². The highest BCUT2D eigenvalue weighted by Crippen LogP contribution is 2.22. The molecular weight excluding hydrogens is 275 g/mol. The third-order valence-corrected chi connectivity index (χ3v) is 3.43. The van der Waals surface area contributed by atoms with E-state index >= 15 is 0 Å². The van der Waals surface area contributed by atoms with Crippen LogP contribution in [0.3, 0.4) is 0 Å². The molecule has 1 aromatic rings.